The van der Waals surface area contributed by atoms with Gasteiger partial charge in [-0.3, -0.25) is 9.59 Å². The number of ketones is 1. The van der Waals surface area contributed by atoms with E-state index in [1.807, 2.05) is 6.92 Å². The summed E-state index contributed by atoms with van der Waals surface area (Å²) in [6, 6.07) is 11.3. The molecular weight excluding hydrogens is 414 g/mol. The minimum Gasteiger partial charge on any atom is -0.507 e. The Hall–Kier alpha value is -3.52. The highest BCUT2D eigenvalue weighted by Crippen LogP contribution is 2.41. The van der Waals surface area contributed by atoms with Gasteiger partial charge in [-0.1, -0.05) is 12.1 Å². The fraction of sp³-hybridized carbons (Fsp3) is 0.333. The zero-order valence-corrected chi connectivity index (χ0v) is 18.0. The van der Waals surface area contributed by atoms with Crippen LogP contribution in [0.5, 0.6) is 17.2 Å². The average Bonchev–Trinajstić information content (AvgIpc) is 3.07. The summed E-state index contributed by atoms with van der Waals surface area (Å²) >= 11 is 0. The van der Waals surface area contributed by atoms with E-state index in [9.17, 15) is 14.7 Å². The molecule has 0 unspecified atom stereocenters. The second-order valence-corrected chi connectivity index (χ2v) is 7.35. The molecule has 4 rings (SSSR count). The largest absolute Gasteiger partial charge is 0.507 e. The number of hydrogen-bond acceptors (Lipinski definition) is 7. The summed E-state index contributed by atoms with van der Waals surface area (Å²) in [5, 5.41) is 11.2. The molecule has 0 aliphatic carbocycles. The molecule has 2 aromatic carbocycles. The molecule has 1 saturated heterocycles. The number of likely N-dealkylation sites (tertiary alicyclic amines) is 1. The number of benzene rings is 2. The van der Waals surface area contributed by atoms with E-state index < -0.39 is 17.7 Å². The number of rotatable bonds is 7. The van der Waals surface area contributed by atoms with Gasteiger partial charge in [0.05, 0.1) is 24.8 Å². The first-order chi connectivity index (χ1) is 15.5. The molecule has 2 aliphatic heterocycles. The molecule has 2 heterocycles. The van der Waals surface area contributed by atoms with E-state index in [1.165, 1.54) is 12.0 Å². The molecule has 8 nitrogen and oxygen atoms in total. The molecule has 1 amide bonds. The van der Waals surface area contributed by atoms with Gasteiger partial charge in [0.25, 0.3) is 11.7 Å². The number of amides is 1. The molecule has 1 N–H and O–H groups in total. The van der Waals surface area contributed by atoms with Crippen LogP contribution in [0.15, 0.2) is 48.0 Å². The second-order valence-electron chi connectivity index (χ2n) is 7.35. The SMILES string of the molecule is CCOc1cccc([C@@H]2/C(=C(\O)c3ccc4c(c3)OCCO4)C(=O)C(=O)N2CCOC)c1. The Morgan fingerprint density at radius 1 is 1.12 bits per heavy atom. The quantitative estimate of drug-likeness (QED) is 0.403. The Morgan fingerprint density at radius 3 is 2.66 bits per heavy atom. The Morgan fingerprint density at radius 2 is 1.91 bits per heavy atom. The summed E-state index contributed by atoms with van der Waals surface area (Å²) in [6.45, 7) is 3.63. The van der Waals surface area contributed by atoms with Crippen LogP contribution in [-0.4, -0.2) is 61.8 Å². The van der Waals surface area contributed by atoms with Gasteiger partial charge in [-0.15, -0.1) is 0 Å². The third kappa shape index (κ3) is 4.01. The highest BCUT2D eigenvalue weighted by atomic mass is 16.6. The number of hydrogen-bond donors (Lipinski definition) is 1. The third-order valence-electron chi connectivity index (χ3n) is 5.38. The summed E-state index contributed by atoms with van der Waals surface area (Å²) in [4.78, 5) is 27.3. The molecular formula is C24H25NO7. The van der Waals surface area contributed by atoms with Crippen LogP contribution in [-0.2, 0) is 14.3 Å². The monoisotopic (exact) mass is 439 g/mol. The third-order valence-corrected chi connectivity index (χ3v) is 5.38. The van der Waals surface area contributed by atoms with Crippen LogP contribution in [0.25, 0.3) is 5.76 Å². The Bertz CT molecular complexity index is 1060. The summed E-state index contributed by atoms with van der Waals surface area (Å²) in [7, 11) is 1.52. The smallest absolute Gasteiger partial charge is 0.295 e. The van der Waals surface area contributed by atoms with E-state index in [0.717, 1.165) is 0 Å². The first kappa shape index (κ1) is 21.7. The number of carbonyl (C=O) groups is 2. The van der Waals surface area contributed by atoms with E-state index in [2.05, 4.69) is 0 Å². The molecule has 0 aromatic heterocycles. The lowest BCUT2D eigenvalue weighted by molar-refractivity contribution is -0.140. The standard InChI is InChI=1S/C24H25NO7/c1-3-30-17-6-4-5-15(13-17)21-20(23(27)24(28)25(21)9-10-29-2)22(26)16-7-8-18-19(14-16)32-12-11-31-18/h4-8,13-14,21,26H,3,9-12H2,1-2H3/b22-20+/t21-/m1/s1. The Kier molecular flexibility index (Phi) is 6.32. The fourth-order valence-corrected chi connectivity index (χ4v) is 3.93. The van der Waals surface area contributed by atoms with Crippen molar-refractivity contribution in [1.82, 2.24) is 4.90 Å². The van der Waals surface area contributed by atoms with Gasteiger partial charge in [-0.05, 0) is 42.8 Å². The lowest BCUT2D eigenvalue weighted by Gasteiger charge is -2.25. The topological polar surface area (TPSA) is 94.5 Å². The minimum absolute atomic E-state index is 0.0106. The predicted molar refractivity (Wildman–Crippen MR) is 116 cm³/mol. The van der Waals surface area contributed by atoms with Crippen LogP contribution in [0.3, 0.4) is 0 Å². The van der Waals surface area contributed by atoms with Crippen LogP contribution >= 0.6 is 0 Å². The molecule has 0 spiro atoms. The molecule has 2 aromatic rings. The van der Waals surface area contributed by atoms with Crippen molar-refractivity contribution in [3.05, 3.63) is 59.2 Å². The van der Waals surface area contributed by atoms with Crippen molar-refractivity contribution >= 4 is 17.4 Å². The van der Waals surface area contributed by atoms with E-state index in [-0.39, 0.29) is 24.5 Å². The molecule has 1 atom stereocenters. The van der Waals surface area contributed by atoms with Gasteiger partial charge in [-0.2, -0.15) is 0 Å². The van der Waals surface area contributed by atoms with Crippen LogP contribution in [0.4, 0.5) is 0 Å². The summed E-state index contributed by atoms with van der Waals surface area (Å²) in [5.41, 5.74) is 1.03. The summed E-state index contributed by atoms with van der Waals surface area (Å²) in [6.07, 6.45) is 0. The molecule has 0 bridgehead atoms. The van der Waals surface area contributed by atoms with E-state index in [0.29, 0.717) is 48.2 Å². The number of aliphatic hydroxyl groups is 1. The predicted octanol–water partition coefficient (Wildman–Crippen LogP) is 2.92. The van der Waals surface area contributed by atoms with Crippen LogP contribution < -0.4 is 14.2 Å². The lowest BCUT2D eigenvalue weighted by atomic mass is 9.95. The van der Waals surface area contributed by atoms with Gasteiger partial charge in [-0.25, -0.2) is 0 Å². The highest BCUT2D eigenvalue weighted by Gasteiger charge is 2.46. The lowest BCUT2D eigenvalue weighted by Crippen LogP contribution is -2.32. The maximum atomic E-state index is 13.0. The van der Waals surface area contributed by atoms with Crippen LogP contribution in [0.2, 0.25) is 0 Å². The molecule has 0 radical (unpaired) electrons. The average molecular weight is 439 g/mol. The number of aliphatic hydroxyl groups excluding tert-OH is 1. The van der Waals surface area contributed by atoms with E-state index in [4.69, 9.17) is 18.9 Å². The van der Waals surface area contributed by atoms with Gasteiger partial charge < -0.3 is 29.0 Å². The summed E-state index contributed by atoms with van der Waals surface area (Å²) in [5.74, 6) is -0.0555. The van der Waals surface area contributed by atoms with Gasteiger partial charge in [0.2, 0.25) is 0 Å². The van der Waals surface area contributed by atoms with Crippen molar-refractivity contribution in [2.75, 3.05) is 40.1 Å². The van der Waals surface area contributed by atoms with Gasteiger partial charge in [0, 0.05) is 19.2 Å². The van der Waals surface area contributed by atoms with Gasteiger partial charge >= 0.3 is 0 Å². The number of Topliss-reactive ketones (excluding diaryl/α,β-unsaturated/α-hetero) is 1. The zero-order valence-electron chi connectivity index (χ0n) is 18.0. The van der Waals surface area contributed by atoms with Crippen LogP contribution in [0.1, 0.15) is 24.1 Å². The van der Waals surface area contributed by atoms with Crippen LogP contribution in [0, 0.1) is 0 Å². The number of carbonyl (C=O) groups excluding carboxylic acids is 2. The minimum atomic E-state index is -0.779. The highest BCUT2D eigenvalue weighted by molar-refractivity contribution is 6.46. The van der Waals surface area contributed by atoms with Crippen molar-refractivity contribution in [1.29, 1.82) is 0 Å². The maximum Gasteiger partial charge on any atom is 0.295 e. The number of methoxy groups -OCH3 is 1. The molecule has 1 fully saturated rings. The van der Waals surface area contributed by atoms with Crippen molar-refractivity contribution in [3.8, 4) is 17.2 Å². The van der Waals surface area contributed by atoms with Crippen molar-refractivity contribution in [2.24, 2.45) is 0 Å². The maximum absolute atomic E-state index is 13.0. The fourth-order valence-electron chi connectivity index (χ4n) is 3.93. The molecule has 168 valence electrons. The Balaban J connectivity index is 1.82. The molecule has 0 saturated carbocycles. The van der Waals surface area contributed by atoms with Crippen molar-refractivity contribution < 1.29 is 33.6 Å². The van der Waals surface area contributed by atoms with E-state index >= 15 is 0 Å². The molecule has 8 heteroatoms. The summed E-state index contributed by atoms with van der Waals surface area (Å²) < 4.78 is 21.9. The molecule has 2 aliphatic rings. The van der Waals surface area contributed by atoms with Gasteiger partial charge in [0.15, 0.2) is 11.5 Å². The first-order valence-corrected chi connectivity index (χ1v) is 10.4. The Labute approximate surface area is 185 Å². The number of nitrogens with zero attached hydrogens (tertiary/aromatic N) is 1. The zero-order chi connectivity index (χ0) is 22.7. The van der Waals surface area contributed by atoms with Gasteiger partial charge in [0.1, 0.15) is 24.7 Å². The first-order valence-electron chi connectivity index (χ1n) is 10.4. The molecule has 32 heavy (non-hydrogen) atoms. The van der Waals surface area contributed by atoms with E-state index in [1.54, 1.807) is 42.5 Å². The number of fused-ring (bicyclic) bond motifs is 1. The van der Waals surface area contributed by atoms with Crippen molar-refractivity contribution in [2.45, 2.75) is 13.0 Å². The normalized spacial score (nSPS) is 19.3. The number of ether oxygens (including phenoxy) is 4. The second kappa shape index (κ2) is 9.32. The van der Waals surface area contributed by atoms with Crippen molar-refractivity contribution in [3.63, 3.8) is 0 Å².